The van der Waals surface area contributed by atoms with Gasteiger partial charge in [-0.25, -0.2) is 4.79 Å². The third kappa shape index (κ3) is 6.79. The van der Waals surface area contributed by atoms with E-state index in [2.05, 4.69) is 0 Å². The quantitative estimate of drug-likeness (QED) is 0.141. The van der Waals surface area contributed by atoms with Gasteiger partial charge >= 0.3 is 5.97 Å². The van der Waals surface area contributed by atoms with Gasteiger partial charge in [0.1, 0.15) is 23.9 Å². The minimum Gasteiger partial charge on any atom is -0.453 e. The minimum absolute atomic E-state index is 0.109. The molecule has 1 aliphatic rings. The molecule has 0 unspecified atom stereocenters. The molecule has 0 bridgehead atoms. The molecule has 0 spiro atoms. The van der Waals surface area contributed by atoms with Crippen LogP contribution < -0.4 is 0 Å². The average molecular weight is 617 g/mol. The summed E-state index contributed by atoms with van der Waals surface area (Å²) in [4.78, 5) is 13.2. The maximum Gasteiger partial charge on any atom is 0.338 e. The molecular weight excluding hydrogens is 580 g/mol. The smallest absolute Gasteiger partial charge is 0.338 e. The molecule has 5 atom stereocenters. The summed E-state index contributed by atoms with van der Waals surface area (Å²) < 4.78 is 24.8. The molecule has 1 aliphatic heterocycles. The normalized spacial score (nSPS) is 21.4. The number of aliphatic hydroxyl groups is 2. The zero-order valence-electron chi connectivity index (χ0n) is 25.2. The number of ether oxygens (including phenoxy) is 4. The summed E-state index contributed by atoms with van der Waals surface area (Å²) in [5.74, 6) is -0.654. The SMILES string of the molecule is O=C(O[C@H]1[C@H](O)[C@@H](COC(c2ccccc2)(c2ccccc2)c2ccccc2)O[C@H](O)[C@@H]1OCc1ccccc1)c1ccccc1. The summed E-state index contributed by atoms with van der Waals surface area (Å²) in [7, 11) is 0. The Labute approximate surface area is 268 Å². The fourth-order valence-corrected chi connectivity index (χ4v) is 5.87. The maximum absolute atomic E-state index is 13.2. The van der Waals surface area contributed by atoms with Crippen molar-refractivity contribution in [1.29, 1.82) is 0 Å². The first-order chi connectivity index (χ1) is 22.6. The molecule has 0 amide bonds. The molecule has 6 rings (SSSR count). The highest BCUT2D eigenvalue weighted by molar-refractivity contribution is 5.89. The van der Waals surface area contributed by atoms with Gasteiger partial charge in [0.05, 0.1) is 18.8 Å². The van der Waals surface area contributed by atoms with Gasteiger partial charge in [0.15, 0.2) is 12.4 Å². The number of hydrogen-bond donors (Lipinski definition) is 2. The zero-order chi connectivity index (χ0) is 31.8. The predicted octanol–water partition coefficient (Wildman–Crippen LogP) is 5.88. The van der Waals surface area contributed by atoms with Crippen LogP contribution in [0.5, 0.6) is 0 Å². The summed E-state index contributed by atoms with van der Waals surface area (Å²) >= 11 is 0. The van der Waals surface area contributed by atoms with Crippen LogP contribution in [-0.4, -0.2) is 53.5 Å². The molecule has 234 valence electrons. The Morgan fingerprint density at radius 2 is 1.09 bits per heavy atom. The number of carbonyl (C=O) groups is 1. The summed E-state index contributed by atoms with van der Waals surface area (Å²) in [6.45, 7) is -0.0416. The number of aliphatic hydroxyl groups excluding tert-OH is 2. The zero-order valence-corrected chi connectivity index (χ0v) is 25.2. The Morgan fingerprint density at radius 3 is 1.59 bits per heavy atom. The van der Waals surface area contributed by atoms with E-state index in [9.17, 15) is 15.0 Å². The summed E-state index contributed by atoms with van der Waals surface area (Å²) in [6.07, 6.45) is -6.41. The Morgan fingerprint density at radius 1 is 0.630 bits per heavy atom. The second kappa shape index (κ2) is 14.6. The fraction of sp³-hybridized carbons (Fsp3) is 0.205. The van der Waals surface area contributed by atoms with Crippen molar-refractivity contribution in [3.8, 4) is 0 Å². The van der Waals surface area contributed by atoms with Crippen LogP contribution >= 0.6 is 0 Å². The van der Waals surface area contributed by atoms with Crippen LogP contribution in [0.3, 0.4) is 0 Å². The van der Waals surface area contributed by atoms with Crippen molar-refractivity contribution in [2.45, 2.75) is 42.9 Å². The van der Waals surface area contributed by atoms with Crippen LogP contribution in [-0.2, 0) is 31.2 Å². The van der Waals surface area contributed by atoms with Gasteiger partial charge in [-0.1, -0.05) is 140 Å². The highest BCUT2D eigenvalue weighted by atomic mass is 16.7. The lowest BCUT2D eigenvalue weighted by atomic mass is 9.80. The molecule has 7 heteroatoms. The molecule has 2 N–H and O–H groups in total. The standard InChI is InChI=1S/C39H36O7/c40-34-33(27-44-39(30-20-10-3-11-21-30,31-22-12-4-13-23-31)32-24-14-5-15-25-32)45-38(42)36(43-26-28-16-6-1-7-17-28)35(34)46-37(41)29-18-8-2-9-19-29/h1-25,33-36,38,40,42H,26-27H2/t33-,34-,35+,36-,38+/m1/s1. The van der Waals surface area contributed by atoms with E-state index >= 15 is 0 Å². The van der Waals surface area contributed by atoms with Gasteiger partial charge in [-0.05, 0) is 34.4 Å². The molecule has 0 aromatic heterocycles. The number of esters is 1. The molecule has 7 nitrogen and oxygen atoms in total. The van der Waals surface area contributed by atoms with Gasteiger partial charge in [-0.15, -0.1) is 0 Å². The van der Waals surface area contributed by atoms with Gasteiger partial charge in [-0.2, -0.15) is 0 Å². The van der Waals surface area contributed by atoms with Crippen molar-refractivity contribution in [2.75, 3.05) is 6.61 Å². The van der Waals surface area contributed by atoms with Gasteiger partial charge in [0, 0.05) is 0 Å². The highest BCUT2D eigenvalue weighted by Crippen LogP contribution is 2.41. The van der Waals surface area contributed by atoms with E-state index in [1.165, 1.54) is 0 Å². The van der Waals surface area contributed by atoms with E-state index < -0.39 is 42.3 Å². The van der Waals surface area contributed by atoms with Crippen molar-refractivity contribution in [3.05, 3.63) is 179 Å². The third-order valence-electron chi connectivity index (χ3n) is 8.18. The van der Waals surface area contributed by atoms with Crippen LogP contribution in [0.1, 0.15) is 32.6 Å². The Bertz CT molecular complexity index is 1550. The van der Waals surface area contributed by atoms with E-state index in [-0.39, 0.29) is 13.2 Å². The van der Waals surface area contributed by atoms with Crippen LogP contribution in [0, 0.1) is 0 Å². The Kier molecular flexibility index (Phi) is 9.98. The van der Waals surface area contributed by atoms with Crippen molar-refractivity contribution in [3.63, 3.8) is 0 Å². The highest BCUT2D eigenvalue weighted by Gasteiger charge is 2.49. The fourth-order valence-electron chi connectivity index (χ4n) is 5.87. The van der Waals surface area contributed by atoms with Crippen LogP contribution in [0.25, 0.3) is 0 Å². The first-order valence-electron chi connectivity index (χ1n) is 15.3. The Hall–Kier alpha value is -4.63. The van der Waals surface area contributed by atoms with Crippen molar-refractivity contribution in [2.24, 2.45) is 0 Å². The third-order valence-corrected chi connectivity index (χ3v) is 8.18. The summed E-state index contributed by atoms with van der Waals surface area (Å²) in [5, 5.41) is 23.0. The van der Waals surface area contributed by atoms with E-state index in [0.29, 0.717) is 5.56 Å². The van der Waals surface area contributed by atoms with E-state index in [1.807, 2.05) is 121 Å². The molecule has 46 heavy (non-hydrogen) atoms. The maximum atomic E-state index is 13.2. The van der Waals surface area contributed by atoms with E-state index in [0.717, 1.165) is 22.3 Å². The molecular formula is C39H36O7. The number of hydrogen-bond acceptors (Lipinski definition) is 7. The summed E-state index contributed by atoms with van der Waals surface area (Å²) in [6, 6.07) is 47.3. The lowest BCUT2D eigenvalue weighted by molar-refractivity contribution is -0.302. The van der Waals surface area contributed by atoms with Gasteiger partial charge in [-0.3, -0.25) is 0 Å². The van der Waals surface area contributed by atoms with E-state index in [4.69, 9.17) is 18.9 Å². The van der Waals surface area contributed by atoms with Crippen LogP contribution in [0.15, 0.2) is 152 Å². The first kappa shape index (κ1) is 31.4. The number of rotatable bonds is 11. The lowest BCUT2D eigenvalue weighted by Gasteiger charge is -2.43. The minimum atomic E-state index is -1.52. The monoisotopic (exact) mass is 616 g/mol. The van der Waals surface area contributed by atoms with Crippen molar-refractivity contribution in [1.82, 2.24) is 0 Å². The van der Waals surface area contributed by atoms with Crippen LogP contribution in [0.4, 0.5) is 0 Å². The molecule has 5 aromatic carbocycles. The molecule has 1 saturated heterocycles. The first-order valence-corrected chi connectivity index (χ1v) is 15.3. The van der Waals surface area contributed by atoms with Crippen molar-refractivity contribution < 1.29 is 34.0 Å². The number of carbonyl (C=O) groups excluding carboxylic acids is 1. The number of benzene rings is 5. The molecule has 0 saturated carbocycles. The second-order valence-corrected chi connectivity index (χ2v) is 11.1. The molecule has 0 radical (unpaired) electrons. The average Bonchev–Trinajstić information content (AvgIpc) is 3.12. The molecule has 1 heterocycles. The van der Waals surface area contributed by atoms with Crippen molar-refractivity contribution >= 4 is 5.97 Å². The Balaban J connectivity index is 1.32. The van der Waals surface area contributed by atoms with Crippen LogP contribution in [0.2, 0.25) is 0 Å². The second-order valence-electron chi connectivity index (χ2n) is 11.1. The summed E-state index contributed by atoms with van der Waals surface area (Å²) in [5.41, 5.74) is 2.68. The van der Waals surface area contributed by atoms with E-state index in [1.54, 1.807) is 30.3 Å². The van der Waals surface area contributed by atoms with Gasteiger partial charge in [0.2, 0.25) is 0 Å². The molecule has 1 fully saturated rings. The van der Waals surface area contributed by atoms with Gasteiger partial charge < -0.3 is 29.2 Å². The molecule has 5 aromatic rings. The van der Waals surface area contributed by atoms with Gasteiger partial charge in [0.25, 0.3) is 0 Å². The largest absolute Gasteiger partial charge is 0.453 e. The predicted molar refractivity (Wildman–Crippen MR) is 173 cm³/mol. The lowest BCUT2D eigenvalue weighted by Crippen LogP contribution is -2.61. The molecule has 0 aliphatic carbocycles. The topological polar surface area (TPSA) is 94.5 Å².